The Bertz CT molecular complexity index is 946. The summed E-state index contributed by atoms with van der Waals surface area (Å²) in [6, 6.07) is 14.0. The number of halogens is 4. The van der Waals surface area contributed by atoms with Crippen LogP contribution in [0, 0.1) is 6.92 Å². The number of anilines is 1. The lowest BCUT2D eigenvalue weighted by Crippen LogP contribution is -2.06. The minimum absolute atomic E-state index is 0. The third-order valence-corrected chi connectivity index (χ3v) is 4.84. The highest BCUT2D eigenvalue weighted by Crippen LogP contribution is 2.23. The fraction of sp³-hybridized carbons (Fsp3) is 0.304. The number of aromatic nitrogens is 2. The first kappa shape index (κ1) is 29.4. The van der Waals surface area contributed by atoms with Crippen LogP contribution < -0.4 is 11.1 Å². The van der Waals surface area contributed by atoms with E-state index in [-0.39, 0.29) is 37.2 Å². The Morgan fingerprint density at radius 3 is 2.32 bits per heavy atom. The van der Waals surface area contributed by atoms with Crippen LogP contribution in [-0.2, 0) is 0 Å². The van der Waals surface area contributed by atoms with Gasteiger partial charge in [-0.25, -0.2) is 9.97 Å². The van der Waals surface area contributed by atoms with Crippen molar-refractivity contribution < 1.29 is 0 Å². The maximum Gasteiger partial charge on any atom is 0.154 e. The largest absolute Gasteiger partial charge is 0.369 e. The fourth-order valence-electron chi connectivity index (χ4n) is 3.04. The number of hydrogen-bond acceptors (Lipinski definition) is 4. The van der Waals surface area contributed by atoms with Crippen LogP contribution in [0.2, 0.25) is 5.02 Å². The second-order valence-corrected chi connectivity index (χ2v) is 7.40. The Morgan fingerprint density at radius 1 is 0.903 bits per heavy atom. The Labute approximate surface area is 208 Å². The number of nitrogens with two attached hydrogens (primary N) is 1. The SMILES string of the molecule is Cc1ccc2nc(/C=C/c3ccc(Cl)cc3)nc(NCCCCCCN)c2c1.Cl.Cl.Cl. The summed E-state index contributed by atoms with van der Waals surface area (Å²) in [7, 11) is 0. The molecular weight excluding hydrogens is 474 g/mol. The molecule has 8 heteroatoms. The second-order valence-electron chi connectivity index (χ2n) is 6.97. The molecule has 2 aromatic carbocycles. The van der Waals surface area contributed by atoms with Crippen molar-refractivity contribution in [2.24, 2.45) is 5.73 Å². The molecule has 3 aromatic rings. The Balaban J connectivity index is 0.00000300. The lowest BCUT2D eigenvalue weighted by atomic mass is 10.1. The molecule has 0 fully saturated rings. The molecule has 1 heterocycles. The maximum absolute atomic E-state index is 5.95. The molecule has 0 radical (unpaired) electrons. The molecule has 0 atom stereocenters. The zero-order valence-corrected chi connectivity index (χ0v) is 20.7. The first-order valence-corrected chi connectivity index (χ1v) is 10.2. The van der Waals surface area contributed by atoms with Gasteiger partial charge in [-0.1, -0.05) is 54.3 Å². The van der Waals surface area contributed by atoms with Crippen molar-refractivity contribution in [2.75, 3.05) is 18.4 Å². The van der Waals surface area contributed by atoms with Gasteiger partial charge < -0.3 is 11.1 Å². The normalized spacial score (nSPS) is 10.3. The zero-order valence-electron chi connectivity index (χ0n) is 17.5. The molecule has 0 spiro atoms. The molecule has 3 rings (SSSR count). The Kier molecular flexibility index (Phi) is 14.5. The number of aryl methyl sites for hydroxylation is 1. The van der Waals surface area contributed by atoms with Crippen molar-refractivity contribution >= 4 is 77.7 Å². The summed E-state index contributed by atoms with van der Waals surface area (Å²) in [5, 5.41) is 5.29. The van der Waals surface area contributed by atoms with Gasteiger partial charge in [0.15, 0.2) is 5.82 Å². The smallest absolute Gasteiger partial charge is 0.154 e. The summed E-state index contributed by atoms with van der Waals surface area (Å²) in [4.78, 5) is 9.45. The van der Waals surface area contributed by atoms with Gasteiger partial charge >= 0.3 is 0 Å². The van der Waals surface area contributed by atoms with Crippen molar-refractivity contribution in [1.29, 1.82) is 0 Å². The van der Waals surface area contributed by atoms with Crippen LogP contribution in [0.5, 0.6) is 0 Å². The van der Waals surface area contributed by atoms with Crippen LogP contribution >= 0.6 is 48.8 Å². The van der Waals surface area contributed by atoms with Crippen LogP contribution in [0.4, 0.5) is 5.82 Å². The minimum Gasteiger partial charge on any atom is -0.369 e. The molecule has 0 aliphatic rings. The van der Waals surface area contributed by atoms with Crippen molar-refractivity contribution in [1.82, 2.24) is 9.97 Å². The Morgan fingerprint density at radius 2 is 1.61 bits per heavy atom. The van der Waals surface area contributed by atoms with Gasteiger partial charge in [-0.15, -0.1) is 37.2 Å². The van der Waals surface area contributed by atoms with E-state index in [0.717, 1.165) is 53.2 Å². The highest BCUT2D eigenvalue weighted by molar-refractivity contribution is 6.30. The summed E-state index contributed by atoms with van der Waals surface area (Å²) in [6.07, 6.45) is 8.49. The van der Waals surface area contributed by atoms with E-state index < -0.39 is 0 Å². The van der Waals surface area contributed by atoms with Crippen LogP contribution in [0.1, 0.15) is 42.6 Å². The van der Waals surface area contributed by atoms with E-state index in [9.17, 15) is 0 Å². The third kappa shape index (κ3) is 9.22. The highest BCUT2D eigenvalue weighted by atomic mass is 35.5. The van der Waals surface area contributed by atoms with Gasteiger partial charge in [0.05, 0.1) is 5.52 Å². The van der Waals surface area contributed by atoms with Crippen molar-refractivity contribution in [2.45, 2.75) is 32.6 Å². The predicted molar refractivity (Wildman–Crippen MR) is 142 cm³/mol. The average Bonchev–Trinajstić information content (AvgIpc) is 2.70. The van der Waals surface area contributed by atoms with Crippen molar-refractivity contribution in [3.8, 4) is 0 Å². The molecule has 31 heavy (non-hydrogen) atoms. The van der Waals surface area contributed by atoms with E-state index in [1.165, 1.54) is 18.4 Å². The maximum atomic E-state index is 5.95. The molecule has 0 unspecified atom stereocenters. The van der Waals surface area contributed by atoms with Gasteiger partial charge in [0.1, 0.15) is 5.82 Å². The second kappa shape index (κ2) is 15.3. The highest BCUT2D eigenvalue weighted by Gasteiger charge is 2.07. The van der Waals surface area contributed by atoms with Crippen LogP contribution in [0.15, 0.2) is 42.5 Å². The molecule has 0 amide bonds. The van der Waals surface area contributed by atoms with Crippen LogP contribution in [-0.4, -0.2) is 23.1 Å². The van der Waals surface area contributed by atoms with Crippen molar-refractivity contribution in [3.05, 3.63) is 64.4 Å². The van der Waals surface area contributed by atoms with Gasteiger partial charge in [-0.3, -0.25) is 0 Å². The first-order chi connectivity index (χ1) is 13.7. The molecule has 4 nitrogen and oxygen atoms in total. The third-order valence-electron chi connectivity index (χ3n) is 4.59. The number of hydrogen-bond donors (Lipinski definition) is 2. The van der Waals surface area contributed by atoms with E-state index in [0.29, 0.717) is 5.82 Å². The van der Waals surface area contributed by atoms with Gasteiger partial charge in [0, 0.05) is 17.0 Å². The van der Waals surface area contributed by atoms with Crippen LogP contribution in [0.3, 0.4) is 0 Å². The van der Waals surface area contributed by atoms with E-state index in [4.69, 9.17) is 27.3 Å². The molecular formula is C23H30Cl4N4. The quantitative estimate of drug-likeness (QED) is 0.310. The van der Waals surface area contributed by atoms with Gasteiger partial charge in [-0.2, -0.15) is 0 Å². The topological polar surface area (TPSA) is 63.8 Å². The summed E-state index contributed by atoms with van der Waals surface area (Å²) >= 11 is 5.95. The fourth-order valence-corrected chi connectivity index (χ4v) is 3.17. The molecule has 3 N–H and O–H groups in total. The summed E-state index contributed by atoms with van der Waals surface area (Å²) in [6.45, 7) is 3.75. The minimum atomic E-state index is 0. The number of nitrogens with one attached hydrogen (secondary N) is 1. The monoisotopic (exact) mass is 502 g/mol. The van der Waals surface area contributed by atoms with Crippen molar-refractivity contribution in [3.63, 3.8) is 0 Å². The Hall–Kier alpha value is -1.56. The standard InChI is InChI=1S/C23H27ClN4.3ClH/c1-17-6-12-21-20(16-17)23(26-15-5-3-2-4-14-25)28-22(27-21)13-9-18-7-10-19(24)11-8-18;;;/h6-13,16H,2-5,14-15,25H2,1H3,(H,26,27,28);3*1H/b13-9+;;;. The van der Waals surface area contributed by atoms with Gasteiger partial charge in [0.2, 0.25) is 0 Å². The first-order valence-electron chi connectivity index (χ1n) is 9.82. The van der Waals surface area contributed by atoms with E-state index in [1.807, 2.05) is 36.4 Å². The van der Waals surface area contributed by atoms with E-state index in [1.54, 1.807) is 0 Å². The number of rotatable bonds is 9. The zero-order chi connectivity index (χ0) is 19.8. The molecule has 0 saturated carbocycles. The number of fused-ring (bicyclic) bond motifs is 1. The molecule has 0 saturated heterocycles. The van der Waals surface area contributed by atoms with Gasteiger partial charge in [-0.05, 0) is 62.2 Å². The molecule has 0 aliphatic heterocycles. The number of nitrogens with zero attached hydrogens (tertiary/aromatic N) is 2. The van der Waals surface area contributed by atoms with E-state index in [2.05, 4.69) is 30.4 Å². The van der Waals surface area contributed by atoms with Crippen LogP contribution in [0.25, 0.3) is 23.1 Å². The predicted octanol–water partition coefficient (Wildman–Crippen LogP) is 6.96. The lowest BCUT2D eigenvalue weighted by Gasteiger charge is -2.10. The molecule has 1 aromatic heterocycles. The summed E-state index contributed by atoms with van der Waals surface area (Å²) in [5.74, 6) is 1.58. The molecule has 0 bridgehead atoms. The van der Waals surface area contributed by atoms with Gasteiger partial charge in [0.25, 0.3) is 0 Å². The van der Waals surface area contributed by atoms with E-state index >= 15 is 0 Å². The molecule has 170 valence electrons. The lowest BCUT2D eigenvalue weighted by molar-refractivity contribution is 0.661. The number of unbranched alkanes of at least 4 members (excludes halogenated alkanes) is 3. The summed E-state index contributed by atoms with van der Waals surface area (Å²) in [5.41, 5.74) is 8.77. The summed E-state index contributed by atoms with van der Waals surface area (Å²) < 4.78 is 0. The molecule has 0 aliphatic carbocycles. The number of benzene rings is 2. The average molecular weight is 504 g/mol.